The van der Waals surface area contributed by atoms with Gasteiger partial charge in [0.25, 0.3) is 0 Å². The third-order valence-corrected chi connectivity index (χ3v) is 5.41. The molecule has 1 aromatic rings. The maximum Gasteiger partial charge on any atom is 0.310 e. The Morgan fingerprint density at radius 1 is 1.30 bits per heavy atom. The Kier molecular flexibility index (Phi) is 7.76. The Morgan fingerprint density at radius 2 is 2.00 bits per heavy atom. The first-order valence-corrected chi connectivity index (χ1v) is 10.6. The zero-order valence-electron chi connectivity index (χ0n) is 15.5. The molecule has 8 nitrogen and oxygen atoms in total. The number of nitrogens with one attached hydrogen (secondary N) is 1. The number of piperidine rings is 1. The number of ether oxygens (including phenoxy) is 1. The van der Waals surface area contributed by atoms with Gasteiger partial charge in [0.1, 0.15) is 0 Å². The number of primary sulfonamides is 1. The molecule has 1 saturated heterocycles. The van der Waals surface area contributed by atoms with Crippen molar-refractivity contribution in [1.82, 2.24) is 10.2 Å². The molecule has 1 aliphatic rings. The molecule has 0 aliphatic carbocycles. The van der Waals surface area contributed by atoms with Gasteiger partial charge < -0.3 is 10.1 Å². The molecule has 1 unspecified atom stereocenters. The topological polar surface area (TPSA) is 119 Å². The number of carbonyl (C=O) groups excluding carboxylic acids is 2. The second-order valence-corrected chi connectivity index (χ2v) is 8.18. The van der Waals surface area contributed by atoms with Crippen LogP contribution >= 0.6 is 0 Å². The van der Waals surface area contributed by atoms with Gasteiger partial charge in [-0.3, -0.25) is 14.5 Å². The van der Waals surface area contributed by atoms with Crippen LogP contribution < -0.4 is 10.5 Å². The van der Waals surface area contributed by atoms with Gasteiger partial charge in [-0.2, -0.15) is 0 Å². The second-order valence-electron chi connectivity index (χ2n) is 6.62. The lowest BCUT2D eigenvalue weighted by Crippen LogP contribution is -2.44. The van der Waals surface area contributed by atoms with Crippen LogP contribution in [0.4, 0.5) is 0 Å². The third kappa shape index (κ3) is 6.93. The minimum absolute atomic E-state index is 0.0662. The van der Waals surface area contributed by atoms with Gasteiger partial charge in [-0.1, -0.05) is 12.1 Å². The van der Waals surface area contributed by atoms with E-state index in [1.165, 1.54) is 12.1 Å². The number of amides is 1. The second kappa shape index (κ2) is 9.82. The van der Waals surface area contributed by atoms with E-state index in [2.05, 4.69) is 5.32 Å². The highest BCUT2D eigenvalue weighted by Crippen LogP contribution is 2.17. The van der Waals surface area contributed by atoms with Gasteiger partial charge in [0.15, 0.2) is 0 Å². The van der Waals surface area contributed by atoms with Crippen molar-refractivity contribution in [3.8, 4) is 0 Å². The van der Waals surface area contributed by atoms with Crippen molar-refractivity contribution in [2.24, 2.45) is 11.1 Å². The Bertz CT molecular complexity index is 749. The Hall–Kier alpha value is -1.97. The quantitative estimate of drug-likeness (QED) is 0.608. The highest BCUT2D eigenvalue weighted by molar-refractivity contribution is 7.89. The summed E-state index contributed by atoms with van der Waals surface area (Å²) >= 11 is 0. The average Bonchev–Trinajstić information content (AvgIpc) is 2.62. The van der Waals surface area contributed by atoms with Crippen molar-refractivity contribution in [3.63, 3.8) is 0 Å². The summed E-state index contributed by atoms with van der Waals surface area (Å²) in [7, 11) is -3.69. The van der Waals surface area contributed by atoms with Crippen molar-refractivity contribution in [1.29, 1.82) is 0 Å². The molecule has 2 rings (SSSR count). The van der Waals surface area contributed by atoms with E-state index < -0.39 is 10.0 Å². The summed E-state index contributed by atoms with van der Waals surface area (Å²) in [5, 5.41) is 7.92. The molecular formula is C18H27N3O5S. The van der Waals surface area contributed by atoms with Gasteiger partial charge in [-0.25, -0.2) is 13.6 Å². The van der Waals surface area contributed by atoms with Gasteiger partial charge in [0, 0.05) is 13.1 Å². The molecular weight excluding hydrogens is 370 g/mol. The number of nitrogens with two attached hydrogens (primary N) is 1. The summed E-state index contributed by atoms with van der Waals surface area (Å²) in [4.78, 5) is 26.0. The first-order valence-electron chi connectivity index (χ1n) is 9.07. The molecule has 0 radical (unpaired) electrons. The summed E-state index contributed by atoms with van der Waals surface area (Å²) in [6, 6.07) is 6.27. The van der Waals surface area contributed by atoms with Gasteiger partial charge in [0.2, 0.25) is 15.9 Å². The Morgan fingerprint density at radius 3 is 2.63 bits per heavy atom. The number of hydrogen-bond acceptors (Lipinski definition) is 6. The zero-order chi connectivity index (χ0) is 19.9. The summed E-state index contributed by atoms with van der Waals surface area (Å²) < 4.78 is 27.5. The highest BCUT2D eigenvalue weighted by Gasteiger charge is 2.27. The van der Waals surface area contributed by atoms with Gasteiger partial charge in [0.05, 0.1) is 24.0 Å². The van der Waals surface area contributed by atoms with E-state index in [1.54, 1.807) is 19.1 Å². The van der Waals surface area contributed by atoms with E-state index >= 15 is 0 Å². The lowest BCUT2D eigenvalue weighted by Gasteiger charge is -2.30. The van der Waals surface area contributed by atoms with Crippen LogP contribution in [-0.4, -0.2) is 58.0 Å². The molecule has 0 spiro atoms. The van der Waals surface area contributed by atoms with Crippen LogP contribution in [0.25, 0.3) is 0 Å². The predicted octanol–water partition coefficient (Wildman–Crippen LogP) is 0.268. The largest absolute Gasteiger partial charge is 0.466 e. The SMILES string of the molecule is CCOC(=O)C1CCCN(CC(=O)NCCc2ccc(S(N)(=O)=O)cc2)C1. The van der Waals surface area contributed by atoms with Crippen LogP contribution in [0.15, 0.2) is 29.2 Å². The number of rotatable bonds is 8. The Balaban J connectivity index is 1.73. The molecule has 1 aromatic carbocycles. The van der Waals surface area contributed by atoms with E-state index in [0.29, 0.717) is 26.1 Å². The van der Waals surface area contributed by atoms with E-state index in [-0.39, 0.29) is 29.2 Å². The molecule has 0 aromatic heterocycles. The standard InChI is InChI=1S/C18H27N3O5S/c1-2-26-18(23)15-4-3-11-21(12-15)13-17(22)20-10-9-14-5-7-16(8-6-14)27(19,24)25/h5-8,15H,2-4,9-13H2,1H3,(H,20,22)(H2,19,24,25). The lowest BCUT2D eigenvalue weighted by atomic mass is 9.98. The smallest absolute Gasteiger partial charge is 0.310 e. The number of carbonyl (C=O) groups is 2. The van der Waals surface area contributed by atoms with Crippen molar-refractivity contribution >= 4 is 21.9 Å². The molecule has 3 N–H and O–H groups in total. The van der Waals surface area contributed by atoms with Gasteiger partial charge in [-0.05, 0) is 50.4 Å². The molecule has 1 atom stereocenters. The molecule has 150 valence electrons. The van der Waals surface area contributed by atoms with Crippen LogP contribution in [0.3, 0.4) is 0 Å². The van der Waals surface area contributed by atoms with Crippen molar-refractivity contribution < 1.29 is 22.7 Å². The van der Waals surface area contributed by atoms with Crippen LogP contribution in [0.1, 0.15) is 25.3 Å². The number of benzene rings is 1. The first kappa shape index (κ1) is 21.3. The van der Waals surface area contributed by atoms with E-state index in [1.807, 2.05) is 4.90 Å². The number of likely N-dealkylation sites (tertiary alicyclic amines) is 1. The predicted molar refractivity (Wildman–Crippen MR) is 100 cm³/mol. The summed E-state index contributed by atoms with van der Waals surface area (Å²) in [6.45, 7) is 4.19. The number of esters is 1. The molecule has 0 saturated carbocycles. The minimum atomic E-state index is -3.69. The van der Waals surface area contributed by atoms with Crippen LogP contribution in [-0.2, 0) is 30.8 Å². The Labute approximate surface area is 160 Å². The average molecular weight is 397 g/mol. The van der Waals surface area contributed by atoms with Crippen LogP contribution in [0.2, 0.25) is 0 Å². The molecule has 0 bridgehead atoms. The van der Waals surface area contributed by atoms with Crippen molar-refractivity contribution in [3.05, 3.63) is 29.8 Å². The van der Waals surface area contributed by atoms with E-state index in [4.69, 9.17) is 9.88 Å². The minimum Gasteiger partial charge on any atom is -0.466 e. The molecule has 1 fully saturated rings. The zero-order valence-corrected chi connectivity index (χ0v) is 16.3. The van der Waals surface area contributed by atoms with Gasteiger partial charge >= 0.3 is 5.97 Å². The molecule has 27 heavy (non-hydrogen) atoms. The van der Waals surface area contributed by atoms with Crippen LogP contribution in [0.5, 0.6) is 0 Å². The molecule has 1 heterocycles. The van der Waals surface area contributed by atoms with Crippen molar-refractivity contribution in [2.75, 3.05) is 32.8 Å². The first-order chi connectivity index (χ1) is 12.8. The normalized spacial score (nSPS) is 18.1. The third-order valence-electron chi connectivity index (χ3n) is 4.48. The number of nitrogens with zero attached hydrogens (tertiary/aromatic N) is 1. The summed E-state index contributed by atoms with van der Waals surface area (Å²) in [5.41, 5.74) is 0.906. The summed E-state index contributed by atoms with van der Waals surface area (Å²) in [6.07, 6.45) is 2.25. The maximum absolute atomic E-state index is 12.1. The monoisotopic (exact) mass is 397 g/mol. The van der Waals surface area contributed by atoms with Crippen molar-refractivity contribution in [2.45, 2.75) is 31.1 Å². The van der Waals surface area contributed by atoms with Crippen LogP contribution in [0, 0.1) is 5.92 Å². The molecule has 1 amide bonds. The fraction of sp³-hybridized carbons (Fsp3) is 0.556. The summed E-state index contributed by atoms with van der Waals surface area (Å²) in [5.74, 6) is -0.449. The highest BCUT2D eigenvalue weighted by atomic mass is 32.2. The van der Waals surface area contributed by atoms with Gasteiger partial charge in [-0.15, -0.1) is 0 Å². The fourth-order valence-corrected chi connectivity index (χ4v) is 3.62. The maximum atomic E-state index is 12.1. The molecule has 9 heteroatoms. The lowest BCUT2D eigenvalue weighted by molar-refractivity contribution is -0.150. The molecule has 1 aliphatic heterocycles. The van der Waals surface area contributed by atoms with E-state index in [0.717, 1.165) is 24.9 Å². The number of sulfonamides is 1. The number of hydrogen-bond donors (Lipinski definition) is 2. The fourth-order valence-electron chi connectivity index (χ4n) is 3.10. The van der Waals surface area contributed by atoms with E-state index in [9.17, 15) is 18.0 Å².